The van der Waals surface area contributed by atoms with Crippen molar-refractivity contribution in [1.29, 1.82) is 0 Å². The Hall–Kier alpha value is -2.00. The number of halogens is 1. The molecule has 0 bridgehead atoms. The van der Waals surface area contributed by atoms with Crippen molar-refractivity contribution < 1.29 is 4.79 Å². The van der Waals surface area contributed by atoms with E-state index >= 15 is 0 Å². The fourth-order valence-corrected chi connectivity index (χ4v) is 1.85. The highest BCUT2D eigenvalue weighted by atomic mass is 35.5. The second-order valence-corrected chi connectivity index (χ2v) is 4.39. The van der Waals surface area contributed by atoms with E-state index in [1.807, 2.05) is 13.0 Å². The van der Waals surface area contributed by atoms with Crippen molar-refractivity contribution >= 4 is 28.9 Å². The number of amides is 1. The van der Waals surface area contributed by atoms with Crippen molar-refractivity contribution in [1.82, 2.24) is 0 Å². The molecule has 2 aromatic rings. The maximum absolute atomic E-state index is 12.1. The molecular weight excluding hydrogens is 248 g/mol. The van der Waals surface area contributed by atoms with Gasteiger partial charge in [0.15, 0.2) is 0 Å². The van der Waals surface area contributed by atoms with Crippen LogP contribution in [0.4, 0.5) is 11.4 Å². The normalized spacial score (nSPS) is 10.1. The monoisotopic (exact) mass is 260 g/mol. The van der Waals surface area contributed by atoms with Crippen molar-refractivity contribution in [2.24, 2.45) is 0 Å². The number of hydrogen-bond acceptors (Lipinski definition) is 2. The second kappa shape index (κ2) is 5.10. The molecular formula is C14H13ClN2O. The van der Waals surface area contributed by atoms with Gasteiger partial charge in [-0.1, -0.05) is 29.8 Å². The molecule has 3 N–H and O–H groups in total. The molecule has 0 aliphatic rings. The lowest BCUT2D eigenvalue weighted by Gasteiger charge is -2.08. The zero-order valence-electron chi connectivity index (χ0n) is 9.91. The summed E-state index contributed by atoms with van der Waals surface area (Å²) in [5.41, 5.74) is 8.23. The first kappa shape index (κ1) is 12.5. The maximum atomic E-state index is 12.1. The van der Waals surface area contributed by atoms with E-state index in [9.17, 15) is 4.79 Å². The van der Waals surface area contributed by atoms with Gasteiger partial charge in [0, 0.05) is 11.4 Å². The summed E-state index contributed by atoms with van der Waals surface area (Å²) in [7, 11) is 0. The number of nitrogens with one attached hydrogen (secondary N) is 1. The predicted octanol–water partition coefficient (Wildman–Crippen LogP) is 3.48. The van der Waals surface area contributed by atoms with Crippen LogP contribution in [0.3, 0.4) is 0 Å². The molecule has 0 saturated heterocycles. The van der Waals surface area contributed by atoms with Crippen LogP contribution in [-0.2, 0) is 0 Å². The molecule has 92 valence electrons. The smallest absolute Gasteiger partial charge is 0.257 e. The molecule has 0 aliphatic carbocycles. The van der Waals surface area contributed by atoms with Crippen LogP contribution >= 0.6 is 11.6 Å². The summed E-state index contributed by atoms with van der Waals surface area (Å²) in [6.07, 6.45) is 0. The largest absolute Gasteiger partial charge is 0.399 e. The molecule has 18 heavy (non-hydrogen) atoms. The van der Waals surface area contributed by atoms with Crippen molar-refractivity contribution in [2.45, 2.75) is 6.92 Å². The molecule has 0 unspecified atom stereocenters. The van der Waals surface area contributed by atoms with Gasteiger partial charge in [0.25, 0.3) is 5.91 Å². The van der Waals surface area contributed by atoms with Gasteiger partial charge in [-0.25, -0.2) is 0 Å². The van der Waals surface area contributed by atoms with Crippen LogP contribution in [0.15, 0.2) is 42.5 Å². The third-order valence-corrected chi connectivity index (χ3v) is 3.08. The van der Waals surface area contributed by atoms with Gasteiger partial charge in [0.05, 0.1) is 10.6 Å². The van der Waals surface area contributed by atoms with Crippen molar-refractivity contribution in [3.63, 3.8) is 0 Å². The zero-order chi connectivity index (χ0) is 13.1. The van der Waals surface area contributed by atoms with Crippen LogP contribution in [-0.4, -0.2) is 5.91 Å². The lowest BCUT2D eigenvalue weighted by Crippen LogP contribution is -2.12. The van der Waals surface area contributed by atoms with E-state index in [1.165, 1.54) is 0 Å². The van der Waals surface area contributed by atoms with Gasteiger partial charge in [0.2, 0.25) is 0 Å². The van der Waals surface area contributed by atoms with Crippen LogP contribution < -0.4 is 11.1 Å². The summed E-state index contributed by atoms with van der Waals surface area (Å²) < 4.78 is 0. The van der Waals surface area contributed by atoms with E-state index in [-0.39, 0.29) is 5.91 Å². The third kappa shape index (κ3) is 2.63. The molecule has 3 nitrogen and oxygen atoms in total. The molecule has 0 radical (unpaired) electrons. The van der Waals surface area contributed by atoms with Gasteiger partial charge in [-0.05, 0) is 36.8 Å². The average molecular weight is 261 g/mol. The van der Waals surface area contributed by atoms with Gasteiger partial charge in [-0.2, -0.15) is 0 Å². The highest BCUT2D eigenvalue weighted by Gasteiger charge is 2.11. The van der Waals surface area contributed by atoms with E-state index in [0.29, 0.717) is 22.0 Å². The number of nitrogens with two attached hydrogens (primary N) is 1. The van der Waals surface area contributed by atoms with Crippen molar-refractivity contribution in [3.05, 3.63) is 58.6 Å². The van der Waals surface area contributed by atoms with Crippen LogP contribution in [0.5, 0.6) is 0 Å². The minimum atomic E-state index is -0.241. The van der Waals surface area contributed by atoms with Gasteiger partial charge in [-0.3, -0.25) is 4.79 Å². The number of rotatable bonds is 2. The first-order valence-electron chi connectivity index (χ1n) is 5.50. The summed E-state index contributed by atoms with van der Waals surface area (Å²) in [4.78, 5) is 12.1. The Morgan fingerprint density at radius 1 is 1.22 bits per heavy atom. The number of anilines is 2. The molecule has 0 heterocycles. The van der Waals surface area contributed by atoms with Gasteiger partial charge >= 0.3 is 0 Å². The van der Waals surface area contributed by atoms with E-state index < -0.39 is 0 Å². The van der Waals surface area contributed by atoms with Gasteiger partial charge in [-0.15, -0.1) is 0 Å². The van der Waals surface area contributed by atoms with Gasteiger partial charge < -0.3 is 11.1 Å². The van der Waals surface area contributed by atoms with Crippen LogP contribution in [0.25, 0.3) is 0 Å². The number of hydrogen-bond donors (Lipinski definition) is 2. The van der Waals surface area contributed by atoms with Crippen molar-refractivity contribution in [3.8, 4) is 0 Å². The Kier molecular flexibility index (Phi) is 3.53. The minimum Gasteiger partial charge on any atom is -0.399 e. The summed E-state index contributed by atoms with van der Waals surface area (Å²) in [5.74, 6) is -0.241. The van der Waals surface area contributed by atoms with E-state index in [0.717, 1.165) is 5.56 Å². The third-order valence-electron chi connectivity index (χ3n) is 2.58. The standard InChI is InChI=1S/C14H13ClN2O/c1-9-4-2-7-12(13(9)15)14(18)17-11-6-3-5-10(16)8-11/h2-8H,16H2,1H3,(H,17,18). The lowest BCUT2D eigenvalue weighted by atomic mass is 10.1. The molecule has 0 saturated carbocycles. The van der Waals surface area contributed by atoms with E-state index in [4.69, 9.17) is 17.3 Å². The SMILES string of the molecule is Cc1cccc(C(=O)Nc2cccc(N)c2)c1Cl. The molecule has 2 aromatic carbocycles. The van der Waals surface area contributed by atoms with E-state index in [2.05, 4.69) is 5.32 Å². The first-order valence-corrected chi connectivity index (χ1v) is 5.88. The molecule has 0 aromatic heterocycles. The number of carbonyl (C=O) groups excluding carboxylic acids is 1. The highest BCUT2D eigenvalue weighted by molar-refractivity contribution is 6.35. The average Bonchev–Trinajstić information content (AvgIpc) is 2.32. The summed E-state index contributed by atoms with van der Waals surface area (Å²) in [5, 5.41) is 3.23. The Morgan fingerprint density at radius 2 is 1.94 bits per heavy atom. The van der Waals surface area contributed by atoms with Crippen LogP contribution in [0.1, 0.15) is 15.9 Å². The van der Waals surface area contributed by atoms with Crippen LogP contribution in [0.2, 0.25) is 5.02 Å². The molecule has 2 rings (SSSR count). The van der Waals surface area contributed by atoms with Crippen LogP contribution in [0, 0.1) is 6.92 Å². The highest BCUT2D eigenvalue weighted by Crippen LogP contribution is 2.21. The minimum absolute atomic E-state index is 0.241. The molecule has 0 atom stereocenters. The molecule has 0 spiro atoms. The first-order chi connectivity index (χ1) is 8.58. The Morgan fingerprint density at radius 3 is 2.67 bits per heavy atom. The van der Waals surface area contributed by atoms with Crippen molar-refractivity contribution in [2.75, 3.05) is 11.1 Å². The summed E-state index contributed by atoms with van der Waals surface area (Å²) in [6.45, 7) is 1.86. The Balaban J connectivity index is 2.25. The van der Waals surface area contributed by atoms with Gasteiger partial charge in [0.1, 0.15) is 0 Å². The second-order valence-electron chi connectivity index (χ2n) is 4.02. The molecule has 1 amide bonds. The summed E-state index contributed by atoms with van der Waals surface area (Å²) in [6, 6.07) is 12.4. The lowest BCUT2D eigenvalue weighted by molar-refractivity contribution is 0.102. The topological polar surface area (TPSA) is 55.1 Å². The number of carbonyl (C=O) groups is 1. The Labute approximate surface area is 111 Å². The number of aryl methyl sites for hydroxylation is 1. The fraction of sp³-hybridized carbons (Fsp3) is 0.0714. The number of nitrogen functional groups attached to an aromatic ring is 1. The maximum Gasteiger partial charge on any atom is 0.257 e. The number of benzene rings is 2. The van der Waals surface area contributed by atoms with E-state index in [1.54, 1.807) is 36.4 Å². The molecule has 4 heteroatoms. The summed E-state index contributed by atoms with van der Waals surface area (Å²) >= 11 is 6.10. The quantitative estimate of drug-likeness (QED) is 0.812. The molecule has 0 fully saturated rings. The fourth-order valence-electron chi connectivity index (χ4n) is 1.64. The predicted molar refractivity (Wildman–Crippen MR) is 75.0 cm³/mol. The Bertz CT molecular complexity index is 596. The molecule has 0 aliphatic heterocycles. The zero-order valence-corrected chi connectivity index (χ0v) is 10.7.